The Hall–Kier alpha value is -1.68. The monoisotopic (exact) mass is 237 g/mol. The molecule has 1 heterocycles. The molecule has 90 valence electrons. The third-order valence-corrected chi connectivity index (χ3v) is 2.75. The van der Waals surface area contributed by atoms with Crippen LogP contribution >= 0.6 is 0 Å². The lowest BCUT2D eigenvalue weighted by atomic mass is 10.00. The molecule has 17 heavy (non-hydrogen) atoms. The maximum atomic E-state index is 13.4. The van der Waals surface area contributed by atoms with Gasteiger partial charge in [0.05, 0.1) is 6.26 Å². The van der Waals surface area contributed by atoms with E-state index in [4.69, 9.17) is 10.2 Å². The van der Waals surface area contributed by atoms with Crippen LogP contribution < -0.4 is 5.73 Å². The zero-order valence-corrected chi connectivity index (χ0v) is 9.41. The van der Waals surface area contributed by atoms with Crippen LogP contribution in [0, 0.1) is 18.6 Å². The Labute approximate surface area is 98.0 Å². The van der Waals surface area contributed by atoms with E-state index < -0.39 is 11.6 Å². The highest BCUT2D eigenvalue weighted by Gasteiger charge is 2.14. The lowest BCUT2D eigenvalue weighted by Crippen LogP contribution is -2.14. The van der Waals surface area contributed by atoms with E-state index >= 15 is 0 Å². The Morgan fingerprint density at radius 3 is 2.65 bits per heavy atom. The summed E-state index contributed by atoms with van der Waals surface area (Å²) in [6, 6.07) is 4.92. The summed E-state index contributed by atoms with van der Waals surface area (Å²) in [6.45, 7) is 1.80. The first-order valence-corrected chi connectivity index (χ1v) is 5.31. The van der Waals surface area contributed by atoms with Gasteiger partial charge in [-0.05, 0) is 31.0 Å². The molecule has 0 aliphatic rings. The standard InChI is InChI=1S/C13H13F2NO/c1-8-11(4-5-17-8)13(16)6-9-2-3-10(14)7-12(9)15/h2-5,7,13H,6,16H2,1H3. The molecule has 0 spiro atoms. The Balaban J connectivity index is 2.19. The van der Waals surface area contributed by atoms with Crippen LogP contribution in [0.4, 0.5) is 8.78 Å². The van der Waals surface area contributed by atoms with Gasteiger partial charge in [-0.25, -0.2) is 8.78 Å². The van der Waals surface area contributed by atoms with E-state index in [0.717, 1.165) is 17.4 Å². The fraction of sp³-hybridized carbons (Fsp3) is 0.231. The summed E-state index contributed by atoms with van der Waals surface area (Å²) >= 11 is 0. The van der Waals surface area contributed by atoms with Crippen LogP contribution in [-0.2, 0) is 6.42 Å². The smallest absolute Gasteiger partial charge is 0.129 e. The normalized spacial score (nSPS) is 12.7. The predicted molar refractivity (Wildman–Crippen MR) is 60.4 cm³/mol. The Bertz CT molecular complexity index is 522. The van der Waals surface area contributed by atoms with E-state index in [1.807, 2.05) is 0 Å². The topological polar surface area (TPSA) is 39.2 Å². The summed E-state index contributed by atoms with van der Waals surface area (Å²) in [5.41, 5.74) is 7.20. The second kappa shape index (κ2) is 4.67. The van der Waals surface area contributed by atoms with Crippen LogP contribution in [0.25, 0.3) is 0 Å². The van der Waals surface area contributed by atoms with Crippen molar-refractivity contribution < 1.29 is 13.2 Å². The Morgan fingerprint density at radius 2 is 2.06 bits per heavy atom. The third-order valence-electron chi connectivity index (χ3n) is 2.75. The van der Waals surface area contributed by atoms with Crippen molar-refractivity contribution in [1.82, 2.24) is 0 Å². The molecule has 0 aliphatic carbocycles. The van der Waals surface area contributed by atoms with Crippen molar-refractivity contribution in [3.63, 3.8) is 0 Å². The van der Waals surface area contributed by atoms with Gasteiger partial charge in [0.1, 0.15) is 17.4 Å². The average molecular weight is 237 g/mol. The second-order valence-electron chi connectivity index (χ2n) is 3.98. The molecule has 0 saturated heterocycles. The number of halogens is 2. The molecule has 2 nitrogen and oxygen atoms in total. The first-order chi connectivity index (χ1) is 8.08. The first-order valence-electron chi connectivity index (χ1n) is 5.31. The van der Waals surface area contributed by atoms with E-state index in [0.29, 0.717) is 12.0 Å². The molecule has 2 aromatic rings. The third kappa shape index (κ3) is 2.53. The van der Waals surface area contributed by atoms with Gasteiger partial charge >= 0.3 is 0 Å². The van der Waals surface area contributed by atoms with Crippen LogP contribution in [0.2, 0.25) is 0 Å². The SMILES string of the molecule is Cc1occc1C(N)Cc1ccc(F)cc1F. The molecule has 4 heteroatoms. The summed E-state index contributed by atoms with van der Waals surface area (Å²) in [7, 11) is 0. The van der Waals surface area contributed by atoms with Gasteiger partial charge in [0.2, 0.25) is 0 Å². The molecule has 1 aromatic heterocycles. The second-order valence-corrected chi connectivity index (χ2v) is 3.98. The Morgan fingerprint density at radius 1 is 1.29 bits per heavy atom. The van der Waals surface area contributed by atoms with Crippen molar-refractivity contribution in [2.75, 3.05) is 0 Å². The van der Waals surface area contributed by atoms with Crippen LogP contribution in [0.1, 0.15) is 22.9 Å². The quantitative estimate of drug-likeness (QED) is 0.890. The summed E-state index contributed by atoms with van der Waals surface area (Å²) in [5.74, 6) is -0.430. The number of nitrogens with two attached hydrogens (primary N) is 1. The Kier molecular flexibility index (Phi) is 3.24. The van der Waals surface area contributed by atoms with E-state index in [1.165, 1.54) is 12.1 Å². The molecule has 2 N–H and O–H groups in total. The average Bonchev–Trinajstić information content (AvgIpc) is 2.68. The molecule has 0 fully saturated rings. The highest BCUT2D eigenvalue weighted by molar-refractivity contribution is 5.25. The van der Waals surface area contributed by atoms with E-state index in [9.17, 15) is 8.78 Å². The fourth-order valence-corrected chi connectivity index (χ4v) is 1.81. The minimum atomic E-state index is -0.584. The van der Waals surface area contributed by atoms with Gasteiger partial charge in [0, 0.05) is 17.7 Å². The zero-order chi connectivity index (χ0) is 12.4. The number of furan rings is 1. The summed E-state index contributed by atoms with van der Waals surface area (Å²) in [4.78, 5) is 0. The molecule has 0 aliphatic heterocycles. The summed E-state index contributed by atoms with van der Waals surface area (Å²) < 4.78 is 31.3. The largest absolute Gasteiger partial charge is 0.469 e. The zero-order valence-electron chi connectivity index (χ0n) is 9.41. The van der Waals surface area contributed by atoms with Crippen LogP contribution in [-0.4, -0.2) is 0 Å². The first kappa shape index (κ1) is 11.8. The highest BCUT2D eigenvalue weighted by atomic mass is 19.1. The molecule has 1 atom stereocenters. The number of benzene rings is 1. The maximum absolute atomic E-state index is 13.4. The molecule has 2 rings (SSSR count). The molecule has 1 aromatic carbocycles. The van der Waals surface area contributed by atoms with Crippen molar-refractivity contribution in [2.45, 2.75) is 19.4 Å². The number of hydrogen-bond acceptors (Lipinski definition) is 2. The molecular weight excluding hydrogens is 224 g/mol. The lowest BCUT2D eigenvalue weighted by Gasteiger charge is -2.11. The minimum absolute atomic E-state index is 0.312. The van der Waals surface area contributed by atoms with Crippen LogP contribution in [0.5, 0.6) is 0 Å². The van der Waals surface area contributed by atoms with E-state index in [-0.39, 0.29) is 6.04 Å². The number of aryl methyl sites for hydroxylation is 1. The lowest BCUT2D eigenvalue weighted by molar-refractivity contribution is 0.521. The van der Waals surface area contributed by atoms with Crippen LogP contribution in [0.3, 0.4) is 0 Å². The summed E-state index contributed by atoms with van der Waals surface area (Å²) in [6.07, 6.45) is 1.86. The van der Waals surface area contributed by atoms with Gasteiger partial charge < -0.3 is 10.2 Å². The molecule has 0 amide bonds. The number of rotatable bonds is 3. The predicted octanol–water partition coefficient (Wildman–Crippen LogP) is 3.11. The van der Waals surface area contributed by atoms with Crippen molar-refractivity contribution in [3.8, 4) is 0 Å². The van der Waals surface area contributed by atoms with Crippen molar-refractivity contribution in [3.05, 3.63) is 59.1 Å². The van der Waals surface area contributed by atoms with Gasteiger partial charge in [0.15, 0.2) is 0 Å². The van der Waals surface area contributed by atoms with Crippen LogP contribution in [0.15, 0.2) is 34.9 Å². The molecular formula is C13H13F2NO. The molecule has 0 radical (unpaired) electrons. The van der Waals surface area contributed by atoms with Gasteiger partial charge in [-0.2, -0.15) is 0 Å². The van der Waals surface area contributed by atoms with E-state index in [2.05, 4.69) is 0 Å². The van der Waals surface area contributed by atoms with Gasteiger partial charge in [0.25, 0.3) is 0 Å². The molecule has 0 saturated carbocycles. The molecule has 0 bridgehead atoms. The van der Waals surface area contributed by atoms with Gasteiger partial charge in [-0.1, -0.05) is 6.07 Å². The van der Waals surface area contributed by atoms with Gasteiger partial charge in [-0.3, -0.25) is 0 Å². The minimum Gasteiger partial charge on any atom is -0.469 e. The van der Waals surface area contributed by atoms with Crippen molar-refractivity contribution >= 4 is 0 Å². The van der Waals surface area contributed by atoms with Crippen molar-refractivity contribution in [1.29, 1.82) is 0 Å². The van der Waals surface area contributed by atoms with Gasteiger partial charge in [-0.15, -0.1) is 0 Å². The number of hydrogen-bond donors (Lipinski definition) is 1. The van der Waals surface area contributed by atoms with E-state index in [1.54, 1.807) is 19.3 Å². The molecule has 1 unspecified atom stereocenters. The fourth-order valence-electron chi connectivity index (χ4n) is 1.81. The highest BCUT2D eigenvalue weighted by Crippen LogP contribution is 2.22. The summed E-state index contributed by atoms with van der Waals surface area (Å²) in [5, 5.41) is 0. The maximum Gasteiger partial charge on any atom is 0.129 e. The van der Waals surface area contributed by atoms with Crippen molar-refractivity contribution in [2.24, 2.45) is 5.73 Å².